The van der Waals surface area contributed by atoms with Gasteiger partial charge in [0.1, 0.15) is 0 Å². The van der Waals surface area contributed by atoms with E-state index in [9.17, 15) is 8.42 Å². The highest BCUT2D eigenvalue weighted by Gasteiger charge is 2.06. The maximum absolute atomic E-state index is 10.3. The molecule has 0 radical (unpaired) electrons. The summed E-state index contributed by atoms with van der Waals surface area (Å²) in [5.41, 5.74) is 5.92. The lowest BCUT2D eigenvalue weighted by atomic mass is 10.0. The van der Waals surface area contributed by atoms with Crippen LogP contribution in [0, 0.1) is 0 Å². The van der Waals surface area contributed by atoms with E-state index >= 15 is 0 Å². The predicted molar refractivity (Wildman–Crippen MR) is 77.3 cm³/mol. The van der Waals surface area contributed by atoms with Crippen LogP contribution in [-0.4, -0.2) is 25.6 Å². The number of rotatable bonds is 13. The van der Waals surface area contributed by atoms with Gasteiger partial charge in [-0.25, -0.2) is 4.18 Å². The normalized spacial score (nSPS) is 13.6. The second kappa shape index (κ2) is 11.6. The summed E-state index contributed by atoms with van der Waals surface area (Å²) >= 11 is 0. The molecule has 3 N–H and O–H groups in total. The average Bonchev–Trinajstić information content (AvgIpc) is 2.32. The Morgan fingerprint density at radius 2 is 1.53 bits per heavy atom. The van der Waals surface area contributed by atoms with Gasteiger partial charge in [-0.05, 0) is 19.3 Å². The number of nitrogens with two attached hydrogens (primary N) is 1. The fourth-order valence-electron chi connectivity index (χ4n) is 2.02. The average molecular weight is 295 g/mol. The van der Waals surface area contributed by atoms with Crippen LogP contribution in [0.15, 0.2) is 0 Å². The zero-order chi connectivity index (χ0) is 14.6. The summed E-state index contributed by atoms with van der Waals surface area (Å²) < 4.78 is 33.2. The molecule has 0 bridgehead atoms. The Hall–Kier alpha value is -0.170. The maximum atomic E-state index is 10.3. The Balaban J connectivity index is 3.28. The maximum Gasteiger partial charge on any atom is 0.397 e. The Bertz CT molecular complexity index is 293. The number of hydrogen-bond donors (Lipinski definition) is 2. The quantitative estimate of drug-likeness (QED) is 0.402. The van der Waals surface area contributed by atoms with E-state index in [2.05, 4.69) is 11.1 Å². The summed E-state index contributed by atoms with van der Waals surface area (Å²) in [5, 5.41) is 0. The highest BCUT2D eigenvalue weighted by atomic mass is 32.3. The lowest BCUT2D eigenvalue weighted by Gasteiger charge is -2.10. The lowest BCUT2D eigenvalue weighted by Crippen LogP contribution is -2.20. The zero-order valence-electron chi connectivity index (χ0n) is 12.0. The van der Waals surface area contributed by atoms with Gasteiger partial charge in [0.25, 0.3) is 0 Å². The van der Waals surface area contributed by atoms with E-state index in [1.54, 1.807) is 0 Å². The van der Waals surface area contributed by atoms with Crippen molar-refractivity contribution in [3.63, 3.8) is 0 Å². The molecule has 116 valence electrons. The molecule has 0 spiro atoms. The van der Waals surface area contributed by atoms with Gasteiger partial charge in [0, 0.05) is 6.04 Å². The molecule has 0 aliphatic rings. The van der Waals surface area contributed by atoms with Crippen molar-refractivity contribution in [3.05, 3.63) is 0 Å². The standard InChI is InChI=1S/C13H29NO4S/c1-2-3-4-5-6-7-8-10-13(14)11-9-12-18-19(15,16)17/h13H,2-12,14H2,1H3,(H,15,16,17). The van der Waals surface area contributed by atoms with Crippen molar-refractivity contribution >= 4 is 10.4 Å². The van der Waals surface area contributed by atoms with E-state index in [1.165, 1.54) is 38.5 Å². The van der Waals surface area contributed by atoms with E-state index in [4.69, 9.17) is 10.3 Å². The van der Waals surface area contributed by atoms with Crippen molar-refractivity contribution < 1.29 is 17.2 Å². The highest BCUT2D eigenvalue weighted by Crippen LogP contribution is 2.11. The van der Waals surface area contributed by atoms with Gasteiger partial charge in [-0.1, -0.05) is 51.9 Å². The summed E-state index contributed by atoms with van der Waals surface area (Å²) in [7, 11) is -4.29. The molecule has 0 saturated heterocycles. The SMILES string of the molecule is CCCCCCCCCC(N)CCCOS(=O)(=O)O. The molecular weight excluding hydrogens is 266 g/mol. The summed E-state index contributed by atoms with van der Waals surface area (Å²) in [4.78, 5) is 0. The molecule has 0 aliphatic heterocycles. The molecule has 0 fully saturated rings. The molecule has 0 aromatic heterocycles. The van der Waals surface area contributed by atoms with Gasteiger partial charge >= 0.3 is 10.4 Å². The van der Waals surface area contributed by atoms with Crippen molar-refractivity contribution in [2.75, 3.05) is 6.61 Å². The second-order valence-corrected chi connectivity index (χ2v) is 6.15. The van der Waals surface area contributed by atoms with Crippen molar-refractivity contribution in [2.24, 2.45) is 5.73 Å². The van der Waals surface area contributed by atoms with Crippen LogP contribution in [0.2, 0.25) is 0 Å². The molecule has 0 aliphatic carbocycles. The van der Waals surface area contributed by atoms with Crippen LogP contribution in [0.25, 0.3) is 0 Å². The smallest absolute Gasteiger partial charge is 0.328 e. The van der Waals surface area contributed by atoms with E-state index in [-0.39, 0.29) is 12.6 Å². The molecule has 1 atom stereocenters. The second-order valence-electron chi connectivity index (χ2n) is 5.06. The molecule has 0 rings (SSSR count). The van der Waals surface area contributed by atoms with E-state index in [0.29, 0.717) is 6.42 Å². The third kappa shape index (κ3) is 15.8. The van der Waals surface area contributed by atoms with Crippen molar-refractivity contribution in [3.8, 4) is 0 Å². The Kier molecular flexibility index (Phi) is 11.5. The van der Waals surface area contributed by atoms with Gasteiger partial charge in [-0.3, -0.25) is 4.55 Å². The molecule has 19 heavy (non-hydrogen) atoms. The van der Waals surface area contributed by atoms with E-state index < -0.39 is 10.4 Å². The Morgan fingerprint density at radius 3 is 2.11 bits per heavy atom. The van der Waals surface area contributed by atoms with Gasteiger partial charge in [0.05, 0.1) is 6.61 Å². The van der Waals surface area contributed by atoms with Gasteiger partial charge in [0.2, 0.25) is 0 Å². The molecule has 0 aromatic rings. The van der Waals surface area contributed by atoms with Crippen LogP contribution in [0.4, 0.5) is 0 Å². The molecule has 5 nitrogen and oxygen atoms in total. The van der Waals surface area contributed by atoms with Gasteiger partial charge in [0.15, 0.2) is 0 Å². The first kappa shape index (κ1) is 18.8. The molecule has 0 amide bonds. The van der Waals surface area contributed by atoms with Crippen LogP contribution in [0.5, 0.6) is 0 Å². The van der Waals surface area contributed by atoms with Gasteiger partial charge in [-0.15, -0.1) is 0 Å². The summed E-state index contributed by atoms with van der Waals surface area (Å²) in [6, 6.07) is 0.0978. The fraction of sp³-hybridized carbons (Fsp3) is 1.00. The lowest BCUT2D eigenvalue weighted by molar-refractivity contribution is 0.258. The first-order valence-corrected chi connectivity index (χ1v) is 8.69. The first-order valence-electron chi connectivity index (χ1n) is 7.33. The van der Waals surface area contributed by atoms with Crippen LogP contribution >= 0.6 is 0 Å². The molecule has 6 heteroatoms. The largest absolute Gasteiger partial charge is 0.397 e. The van der Waals surface area contributed by atoms with Crippen molar-refractivity contribution in [1.82, 2.24) is 0 Å². The topological polar surface area (TPSA) is 89.6 Å². The van der Waals surface area contributed by atoms with Crippen LogP contribution in [-0.2, 0) is 14.6 Å². The zero-order valence-corrected chi connectivity index (χ0v) is 12.8. The third-order valence-electron chi connectivity index (χ3n) is 3.13. The third-order valence-corrected chi connectivity index (χ3v) is 3.59. The van der Waals surface area contributed by atoms with Crippen LogP contribution in [0.3, 0.4) is 0 Å². The number of unbranched alkanes of at least 4 members (excludes halogenated alkanes) is 6. The fourth-order valence-corrected chi connectivity index (χ4v) is 2.35. The number of hydrogen-bond acceptors (Lipinski definition) is 4. The minimum atomic E-state index is -4.29. The highest BCUT2D eigenvalue weighted by molar-refractivity contribution is 7.80. The first-order chi connectivity index (χ1) is 8.95. The molecule has 1 unspecified atom stereocenters. The molecule has 0 heterocycles. The van der Waals surface area contributed by atoms with Crippen LogP contribution in [0.1, 0.15) is 71.1 Å². The predicted octanol–water partition coefficient (Wildman–Crippen LogP) is 3.05. The van der Waals surface area contributed by atoms with E-state index in [0.717, 1.165) is 19.3 Å². The van der Waals surface area contributed by atoms with Crippen LogP contribution < -0.4 is 5.73 Å². The molecular formula is C13H29NO4S. The van der Waals surface area contributed by atoms with E-state index in [1.807, 2.05) is 0 Å². The minimum Gasteiger partial charge on any atom is -0.328 e. The summed E-state index contributed by atoms with van der Waals surface area (Å²) in [6.07, 6.45) is 11.1. The molecule has 0 saturated carbocycles. The van der Waals surface area contributed by atoms with Crippen molar-refractivity contribution in [2.45, 2.75) is 77.2 Å². The monoisotopic (exact) mass is 295 g/mol. The Morgan fingerprint density at radius 1 is 1.00 bits per heavy atom. The Labute approximate surface area is 117 Å². The van der Waals surface area contributed by atoms with Gasteiger partial charge in [-0.2, -0.15) is 8.42 Å². The summed E-state index contributed by atoms with van der Waals surface area (Å²) in [5.74, 6) is 0. The van der Waals surface area contributed by atoms with Gasteiger partial charge < -0.3 is 5.73 Å². The molecule has 0 aromatic carbocycles. The minimum absolute atomic E-state index is 0.00352. The van der Waals surface area contributed by atoms with Crippen molar-refractivity contribution in [1.29, 1.82) is 0 Å². The summed E-state index contributed by atoms with van der Waals surface area (Å²) in [6.45, 7) is 2.22.